The van der Waals surface area contributed by atoms with Gasteiger partial charge < -0.3 is 19.9 Å². The third-order valence-corrected chi connectivity index (χ3v) is 4.24. The monoisotopic (exact) mass is 349 g/mol. The summed E-state index contributed by atoms with van der Waals surface area (Å²) in [6.07, 6.45) is 8.70. The van der Waals surface area contributed by atoms with Gasteiger partial charge in [0.05, 0.1) is 0 Å². The van der Waals surface area contributed by atoms with E-state index in [0.29, 0.717) is 23.6 Å². The van der Waals surface area contributed by atoms with Crippen molar-refractivity contribution in [3.63, 3.8) is 0 Å². The van der Waals surface area contributed by atoms with Gasteiger partial charge >= 0.3 is 5.97 Å². The molecule has 6 heteroatoms. The second-order valence-electron chi connectivity index (χ2n) is 6.30. The Morgan fingerprint density at radius 2 is 1.56 bits per heavy atom. The highest BCUT2D eigenvalue weighted by molar-refractivity contribution is 5.94. The van der Waals surface area contributed by atoms with Gasteiger partial charge in [-0.2, -0.15) is 0 Å². The van der Waals surface area contributed by atoms with Crippen LogP contribution in [0.25, 0.3) is 0 Å². The molecular weight excluding hydrogens is 322 g/mol. The highest BCUT2D eigenvalue weighted by Crippen LogP contribution is 2.32. The normalized spacial score (nSPS) is 12.2. The number of aliphatic carboxylic acids is 1. The number of amides is 1. The van der Waals surface area contributed by atoms with Crippen LogP contribution in [0.2, 0.25) is 0 Å². The molecule has 0 spiro atoms. The van der Waals surface area contributed by atoms with Crippen molar-refractivity contribution >= 4 is 11.9 Å². The van der Waals surface area contributed by atoms with Crippen LogP contribution in [0.1, 0.15) is 68.1 Å². The summed E-state index contributed by atoms with van der Waals surface area (Å²) in [6, 6.07) is 5.21. The van der Waals surface area contributed by atoms with Gasteiger partial charge in [-0.1, -0.05) is 38.5 Å². The second kappa shape index (κ2) is 10.6. The topological polar surface area (TPSA) is 84.9 Å². The van der Waals surface area contributed by atoms with Crippen molar-refractivity contribution < 1.29 is 24.2 Å². The highest BCUT2D eigenvalue weighted by atomic mass is 16.7. The molecule has 6 nitrogen and oxygen atoms in total. The molecule has 1 aromatic rings. The lowest BCUT2D eigenvalue weighted by atomic mass is 10.1. The molecule has 0 atom stereocenters. The van der Waals surface area contributed by atoms with E-state index in [-0.39, 0.29) is 19.1 Å². The van der Waals surface area contributed by atoms with Crippen LogP contribution in [0.4, 0.5) is 0 Å². The molecule has 138 valence electrons. The van der Waals surface area contributed by atoms with E-state index >= 15 is 0 Å². The number of rotatable bonds is 12. The zero-order valence-corrected chi connectivity index (χ0v) is 14.6. The fraction of sp³-hybridized carbons (Fsp3) is 0.579. The van der Waals surface area contributed by atoms with E-state index in [1.54, 1.807) is 18.2 Å². The Kier molecular flexibility index (Phi) is 8.09. The summed E-state index contributed by atoms with van der Waals surface area (Å²) in [4.78, 5) is 22.5. The quantitative estimate of drug-likeness (QED) is 0.562. The smallest absolute Gasteiger partial charge is 0.303 e. The lowest BCUT2D eigenvalue weighted by Gasteiger charge is -2.06. The summed E-state index contributed by atoms with van der Waals surface area (Å²) in [7, 11) is 0. The Morgan fingerprint density at radius 1 is 0.920 bits per heavy atom. The number of ether oxygens (including phenoxy) is 2. The molecule has 0 radical (unpaired) electrons. The van der Waals surface area contributed by atoms with Crippen molar-refractivity contribution in [3.05, 3.63) is 23.8 Å². The lowest BCUT2D eigenvalue weighted by molar-refractivity contribution is -0.137. The molecule has 25 heavy (non-hydrogen) atoms. The number of hydrogen-bond donors (Lipinski definition) is 2. The number of fused-ring (bicyclic) bond motifs is 1. The van der Waals surface area contributed by atoms with Gasteiger partial charge in [-0.05, 0) is 31.0 Å². The van der Waals surface area contributed by atoms with Crippen LogP contribution in [0.5, 0.6) is 11.5 Å². The van der Waals surface area contributed by atoms with Crippen molar-refractivity contribution in [1.29, 1.82) is 0 Å². The van der Waals surface area contributed by atoms with Crippen LogP contribution in [0.3, 0.4) is 0 Å². The predicted octanol–water partition coefficient (Wildman–Crippen LogP) is 3.74. The number of carboxylic acid groups (broad SMARTS) is 1. The maximum atomic E-state index is 12.1. The number of nitrogens with one attached hydrogen (secondary N) is 1. The molecule has 1 aromatic carbocycles. The first-order valence-corrected chi connectivity index (χ1v) is 9.06. The molecule has 0 aromatic heterocycles. The lowest BCUT2D eigenvalue weighted by Crippen LogP contribution is -2.24. The zero-order valence-electron chi connectivity index (χ0n) is 14.6. The summed E-state index contributed by atoms with van der Waals surface area (Å²) in [5, 5.41) is 11.5. The molecule has 1 amide bonds. The fourth-order valence-corrected chi connectivity index (χ4v) is 2.80. The van der Waals surface area contributed by atoms with Crippen LogP contribution in [0, 0.1) is 0 Å². The molecule has 1 aliphatic rings. The molecule has 1 heterocycles. The minimum absolute atomic E-state index is 0.0864. The number of carboxylic acids is 1. The minimum Gasteiger partial charge on any atom is -0.481 e. The van der Waals surface area contributed by atoms with Crippen molar-refractivity contribution in [1.82, 2.24) is 5.32 Å². The molecule has 1 aliphatic heterocycles. The molecule has 2 rings (SSSR count). The molecule has 2 N–H and O–H groups in total. The summed E-state index contributed by atoms with van der Waals surface area (Å²) in [5.41, 5.74) is 0.589. The first-order valence-electron chi connectivity index (χ1n) is 9.06. The van der Waals surface area contributed by atoms with E-state index in [4.69, 9.17) is 14.6 Å². The van der Waals surface area contributed by atoms with Crippen LogP contribution in [-0.2, 0) is 4.79 Å². The van der Waals surface area contributed by atoms with Crippen molar-refractivity contribution in [3.8, 4) is 11.5 Å². The zero-order chi connectivity index (χ0) is 17.9. The predicted molar refractivity (Wildman–Crippen MR) is 94.1 cm³/mol. The molecule has 0 fully saturated rings. The Labute approximate surface area is 148 Å². The van der Waals surface area contributed by atoms with E-state index in [2.05, 4.69) is 5.32 Å². The summed E-state index contributed by atoms with van der Waals surface area (Å²) >= 11 is 0. The highest BCUT2D eigenvalue weighted by Gasteiger charge is 2.15. The van der Waals surface area contributed by atoms with Gasteiger partial charge in [0.1, 0.15) is 0 Å². The summed E-state index contributed by atoms with van der Waals surface area (Å²) in [5.74, 6) is 0.509. The third kappa shape index (κ3) is 7.03. The van der Waals surface area contributed by atoms with E-state index in [9.17, 15) is 9.59 Å². The summed E-state index contributed by atoms with van der Waals surface area (Å²) in [6.45, 7) is 0.881. The first kappa shape index (κ1) is 19.1. The maximum absolute atomic E-state index is 12.1. The van der Waals surface area contributed by atoms with E-state index in [1.165, 1.54) is 6.42 Å². The number of carbonyl (C=O) groups is 2. The van der Waals surface area contributed by atoms with Crippen molar-refractivity contribution in [2.75, 3.05) is 13.3 Å². The molecule has 0 bridgehead atoms. The van der Waals surface area contributed by atoms with Gasteiger partial charge in [-0.3, -0.25) is 9.59 Å². The van der Waals surface area contributed by atoms with Crippen LogP contribution in [0.15, 0.2) is 18.2 Å². The molecule has 0 aliphatic carbocycles. The summed E-state index contributed by atoms with van der Waals surface area (Å²) < 4.78 is 10.5. The van der Waals surface area contributed by atoms with E-state index in [0.717, 1.165) is 44.9 Å². The Morgan fingerprint density at radius 3 is 2.28 bits per heavy atom. The van der Waals surface area contributed by atoms with Crippen LogP contribution < -0.4 is 14.8 Å². The molecule has 0 saturated carbocycles. The maximum Gasteiger partial charge on any atom is 0.303 e. The number of benzene rings is 1. The van der Waals surface area contributed by atoms with Crippen LogP contribution in [-0.4, -0.2) is 30.3 Å². The molecular formula is C19H27NO5. The SMILES string of the molecule is O=C(O)CCCCCCCCCCNC(=O)c1ccc2c(c1)OCO2. The van der Waals surface area contributed by atoms with Gasteiger partial charge in [0.15, 0.2) is 11.5 Å². The fourth-order valence-electron chi connectivity index (χ4n) is 2.80. The standard InChI is InChI=1S/C19H27NO5/c21-18(22)9-7-5-3-1-2-4-6-8-12-20-19(23)15-10-11-16-17(13-15)25-14-24-16/h10-11,13H,1-9,12,14H2,(H,20,23)(H,21,22). The minimum atomic E-state index is -0.706. The third-order valence-electron chi connectivity index (χ3n) is 4.24. The number of unbranched alkanes of at least 4 members (excludes halogenated alkanes) is 7. The van der Waals surface area contributed by atoms with Gasteiger partial charge in [0.2, 0.25) is 6.79 Å². The molecule has 0 unspecified atom stereocenters. The van der Waals surface area contributed by atoms with Crippen molar-refractivity contribution in [2.45, 2.75) is 57.8 Å². The number of hydrogen-bond acceptors (Lipinski definition) is 4. The van der Waals surface area contributed by atoms with Gasteiger partial charge in [-0.25, -0.2) is 0 Å². The van der Waals surface area contributed by atoms with Gasteiger partial charge in [0.25, 0.3) is 5.91 Å². The Balaban J connectivity index is 1.46. The van der Waals surface area contributed by atoms with E-state index < -0.39 is 5.97 Å². The van der Waals surface area contributed by atoms with Gasteiger partial charge in [0, 0.05) is 18.5 Å². The number of carbonyl (C=O) groups excluding carboxylic acids is 1. The Bertz CT molecular complexity index is 573. The average molecular weight is 349 g/mol. The largest absolute Gasteiger partial charge is 0.481 e. The molecule has 0 saturated heterocycles. The van der Waals surface area contributed by atoms with Gasteiger partial charge in [-0.15, -0.1) is 0 Å². The average Bonchev–Trinajstić information content (AvgIpc) is 3.06. The second-order valence-corrected chi connectivity index (χ2v) is 6.30. The van der Waals surface area contributed by atoms with Crippen LogP contribution >= 0.6 is 0 Å². The van der Waals surface area contributed by atoms with E-state index in [1.807, 2.05) is 0 Å². The first-order chi connectivity index (χ1) is 12.2. The van der Waals surface area contributed by atoms with Crippen molar-refractivity contribution in [2.24, 2.45) is 0 Å². The Hall–Kier alpha value is -2.24.